The summed E-state index contributed by atoms with van der Waals surface area (Å²) in [6.07, 6.45) is 4.12. The van der Waals surface area contributed by atoms with Gasteiger partial charge in [0.05, 0.1) is 12.2 Å². The molecule has 0 fully saturated rings. The molecule has 0 atom stereocenters. The lowest BCUT2D eigenvalue weighted by molar-refractivity contribution is 0.533. The zero-order valence-corrected chi connectivity index (χ0v) is 26.5. The molecule has 3 heteroatoms. The maximum Gasteiger partial charge on any atom is 0.159 e. The van der Waals surface area contributed by atoms with Crippen LogP contribution in [0.2, 0.25) is 0 Å². The average molecular weight is 607 g/mol. The van der Waals surface area contributed by atoms with E-state index in [2.05, 4.69) is 170 Å². The fourth-order valence-electron chi connectivity index (χ4n) is 7.50. The topological polar surface area (TPSA) is 28.4 Å². The minimum atomic E-state index is -0.102. The highest BCUT2D eigenvalue weighted by Gasteiger charge is 2.36. The van der Waals surface area contributed by atoms with Gasteiger partial charge in [-0.1, -0.05) is 123 Å². The number of furan rings is 1. The van der Waals surface area contributed by atoms with Crippen molar-refractivity contribution in [1.82, 2.24) is 5.32 Å². The third kappa shape index (κ3) is 4.42. The van der Waals surface area contributed by atoms with Crippen molar-refractivity contribution in [3.63, 3.8) is 0 Å². The van der Waals surface area contributed by atoms with Gasteiger partial charge in [-0.05, 0) is 87.1 Å². The molecule has 0 saturated heterocycles. The Morgan fingerprint density at radius 2 is 1.23 bits per heavy atom. The number of benzene rings is 6. The monoisotopic (exact) mass is 606 g/mol. The SMILES string of the molecule is CC1(C)c2ccccc2-c2ccc(N(c3ccc(-c4ccc(-c5ccccc5)cc4)cc3)c3cccc4c5c(oc34)CNC=C5)cc21. The first kappa shape index (κ1) is 27.5. The van der Waals surface area contributed by atoms with Crippen LogP contribution in [0.5, 0.6) is 0 Å². The Bertz CT molecular complexity index is 2310. The van der Waals surface area contributed by atoms with Gasteiger partial charge in [0.1, 0.15) is 5.76 Å². The van der Waals surface area contributed by atoms with Gasteiger partial charge in [0.2, 0.25) is 0 Å². The van der Waals surface area contributed by atoms with Crippen LogP contribution in [0.3, 0.4) is 0 Å². The standard InChI is InChI=1S/C44H34N2O/c1-44(2)39-13-7-6-11-35(39)36-24-23-34(27-40(36)44)46(41-14-8-12-38-37-25-26-45-28-42(37)47-43(38)41)33-21-19-32(20-22-33)31-17-15-30(16-18-31)29-9-4-3-5-10-29/h3-27,45H,28H2,1-2H3. The van der Waals surface area contributed by atoms with E-state index in [0.717, 1.165) is 39.4 Å². The molecule has 0 spiro atoms. The maximum absolute atomic E-state index is 6.62. The van der Waals surface area contributed by atoms with E-state index in [0.29, 0.717) is 6.54 Å². The van der Waals surface area contributed by atoms with Crippen LogP contribution < -0.4 is 10.2 Å². The lowest BCUT2D eigenvalue weighted by Crippen LogP contribution is -2.16. The molecule has 47 heavy (non-hydrogen) atoms. The second-order valence-corrected chi connectivity index (χ2v) is 13.0. The van der Waals surface area contributed by atoms with Crippen LogP contribution in [0.15, 0.2) is 150 Å². The molecule has 226 valence electrons. The van der Waals surface area contributed by atoms with E-state index in [1.165, 1.54) is 44.5 Å². The van der Waals surface area contributed by atoms with E-state index in [9.17, 15) is 0 Å². The second-order valence-electron chi connectivity index (χ2n) is 13.0. The minimum Gasteiger partial charge on any atom is -0.456 e. The summed E-state index contributed by atoms with van der Waals surface area (Å²) in [6, 6.07) is 50.5. The Morgan fingerprint density at radius 1 is 0.596 bits per heavy atom. The molecule has 3 nitrogen and oxygen atoms in total. The number of anilines is 3. The second kappa shape index (κ2) is 10.6. The Labute approximate surface area is 275 Å². The van der Waals surface area contributed by atoms with Gasteiger partial charge in [-0.15, -0.1) is 0 Å². The summed E-state index contributed by atoms with van der Waals surface area (Å²) in [6.45, 7) is 5.36. The fraction of sp³-hybridized carbons (Fsp3) is 0.0909. The molecular weight excluding hydrogens is 572 g/mol. The van der Waals surface area contributed by atoms with Gasteiger partial charge in [0.25, 0.3) is 0 Å². The van der Waals surface area contributed by atoms with Crippen molar-refractivity contribution >= 4 is 34.1 Å². The summed E-state index contributed by atoms with van der Waals surface area (Å²) < 4.78 is 6.62. The number of para-hydroxylation sites is 1. The first-order valence-electron chi connectivity index (χ1n) is 16.3. The first-order chi connectivity index (χ1) is 23.1. The van der Waals surface area contributed by atoms with Crippen LogP contribution in [0.25, 0.3) is 50.4 Å². The molecule has 0 amide bonds. The zero-order valence-electron chi connectivity index (χ0n) is 26.5. The lowest BCUT2D eigenvalue weighted by Gasteiger charge is -2.28. The van der Waals surface area contributed by atoms with Gasteiger partial charge < -0.3 is 14.6 Å². The number of rotatable bonds is 5. The van der Waals surface area contributed by atoms with Crippen LogP contribution >= 0.6 is 0 Å². The van der Waals surface area contributed by atoms with Crippen molar-refractivity contribution < 1.29 is 4.42 Å². The molecule has 0 saturated carbocycles. The van der Waals surface area contributed by atoms with Crippen LogP contribution in [-0.2, 0) is 12.0 Å². The minimum absolute atomic E-state index is 0.102. The molecule has 0 bridgehead atoms. The molecule has 2 aliphatic rings. The molecule has 9 rings (SSSR count). The summed E-state index contributed by atoms with van der Waals surface area (Å²) in [4.78, 5) is 2.36. The number of fused-ring (bicyclic) bond motifs is 6. The number of nitrogens with zero attached hydrogens (tertiary/aromatic N) is 1. The van der Waals surface area contributed by atoms with E-state index < -0.39 is 0 Å². The highest BCUT2D eigenvalue weighted by molar-refractivity contribution is 6.00. The van der Waals surface area contributed by atoms with Crippen LogP contribution in [0.1, 0.15) is 36.3 Å². The Morgan fingerprint density at radius 3 is 2.00 bits per heavy atom. The van der Waals surface area contributed by atoms with Gasteiger partial charge in [0, 0.05) is 27.7 Å². The van der Waals surface area contributed by atoms with Crippen LogP contribution in [0, 0.1) is 0 Å². The van der Waals surface area contributed by atoms with E-state index >= 15 is 0 Å². The third-order valence-corrected chi connectivity index (χ3v) is 9.96. The summed E-state index contributed by atoms with van der Waals surface area (Å²) in [7, 11) is 0. The highest BCUT2D eigenvalue weighted by Crippen LogP contribution is 2.51. The van der Waals surface area contributed by atoms with Gasteiger partial charge >= 0.3 is 0 Å². The van der Waals surface area contributed by atoms with Gasteiger partial charge in [-0.2, -0.15) is 0 Å². The predicted octanol–water partition coefficient (Wildman–Crippen LogP) is 11.6. The molecule has 1 N–H and O–H groups in total. The third-order valence-electron chi connectivity index (χ3n) is 9.96. The maximum atomic E-state index is 6.62. The molecular formula is C44H34N2O. The number of hydrogen-bond acceptors (Lipinski definition) is 3. The largest absolute Gasteiger partial charge is 0.456 e. The zero-order chi connectivity index (χ0) is 31.5. The quantitative estimate of drug-likeness (QED) is 0.211. The first-order valence-corrected chi connectivity index (χ1v) is 16.3. The van der Waals surface area contributed by atoms with Crippen LogP contribution in [-0.4, -0.2) is 0 Å². The number of hydrogen-bond donors (Lipinski definition) is 1. The van der Waals surface area contributed by atoms with Crippen molar-refractivity contribution in [3.8, 4) is 33.4 Å². The molecule has 2 heterocycles. The summed E-state index contributed by atoms with van der Waals surface area (Å²) in [5.74, 6) is 0.967. The smallest absolute Gasteiger partial charge is 0.159 e. The van der Waals surface area contributed by atoms with Gasteiger partial charge in [0.15, 0.2) is 5.58 Å². The summed E-state index contributed by atoms with van der Waals surface area (Å²) in [5.41, 5.74) is 15.4. The Kier molecular flexibility index (Phi) is 6.23. The van der Waals surface area contributed by atoms with Crippen molar-refractivity contribution in [1.29, 1.82) is 0 Å². The average Bonchev–Trinajstić information content (AvgIpc) is 3.62. The van der Waals surface area contributed by atoms with Gasteiger partial charge in [-0.25, -0.2) is 0 Å². The van der Waals surface area contributed by atoms with Crippen molar-refractivity contribution in [2.45, 2.75) is 25.8 Å². The lowest BCUT2D eigenvalue weighted by atomic mass is 9.82. The van der Waals surface area contributed by atoms with E-state index in [4.69, 9.17) is 4.42 Å². The fourth-order valence-corrected chi connectivity index (χ4v) is 7.50. The molecule has 0 unspecified atom stereocenters. The van der Waals surface area contributed by atoms with Gasteiger partial charge in [-0.3, -0.25) is 0 Å². The molecule has 6 aromatic carbocycles. The normalized spacial score (nSPS) is 13.9. The van der Waals surface area contributed by atoms with E-state index in [1.807, 2.05) is 6.20 Å². The molecule has 0 radical (unpaired) electrons. The van der Waals surface area contributed by atoms with E-state index in [-0.39, 0.29) is 5.41 Å². The molecule has 7 aromatic rings. The molecule has 1 aliphatic heterocycles. The van der Waals surface area contributed by atoms with Crippen LogP contribution in [0.4, 0.5) is 17.1 Å². The number of nitrogens with one attached hydrogen (secondary N) is 1. The van der Waals surface area contributed by atoms with Crippen molar-refractivity contribution in [2.24, 2.45) is 0 Å². The summed E-state index contributed by atoms with van der Waals surface area (Å²) >= 11 is 0. The Balaban J connectivity index is 1.17. The summed E-state index contributed by atoms with van der Waals surface area (Å²) in [5, 5.41) is 4.44. The molecule has 1 aliphatic carbocycles. The van der Waals surface area contributed by atoms with E-state index in [1.54, 1.807) is 0 Å². The highest BCUT2D eigenvalue weighted by atomic mass is 16.3. The van der Waals surface area contributed by atoms with Crippen molar-refractivity contribution in [2.75, 3.05) is 4.90 Å². The van der Waals surface area contributed by atoms with Crippen molar-refractivity contribution in [3.05, 3.63) is 168 Å². The Hall–Kier alpha value is -5.80. The molecule has 1 aromatic heterocycles. The predicted molar refractivity (Wildman–Crippen MR) is 195 cm³/mol.